The number of benzene rings is 2. The monoisotopic (exact) mass is 313 g/mol. The fourth-order valence-corrected chi connectivity index (χ4v) is 3.04. The molecule has 0 aliphatic heterocycles. The van der Waals surface area contributed by atoms with E-state index in [0.717, 1.165) is 22.0 Å². The highest BCUT2D eigenvalue weighted by Gasteiger charge is 2.21. The van der Waals surface area contributed by atoms with Gasteiger partial charge >= 0.3 is 0 Å². The van der Waals surface area contributed by atoms with E-state index in [-0.39, 0.29) is 4.90 Å². The van der Waals surface area contributed by atoms with Crippen molar-refractivity contribution in [1.29, 1.82) is 0 Å². The Labute approximate surface area is 122 Å². The lowest BCUT2D eigenvalue weighted by atomic mass is 10.2. The Kier molecular flexibility index (Phi) is 4.01. The van der Waals surface area contributed by atoms with Gasteiger partial charge in [0.25, 0.3) is 10.0 Å². The zero-order valence-electron chi connectivity index (χ0n) is 11.0. The molecule has 0 spiro atoms. The Morgan fingerprint density at radius 1 is 1.10 bits per heavy atom. The van der Waals surface area contributed by atoms with Crippen LogP contribution in [0.2, 0.25) is 5.02 Å². The number of hydrogen-bond acceptors (Lipinski definition) is 2. The molecule has 0 amide bonds. The Balaban J connectivity index is 2.42. The van der Waals surface area contributed by atoms with Gasteiger partial charge in [0.15, 0.2) is 0 Å². The second-order valence-corrected chi connectivity index (χ2v) is 6.74. The first-order valence-electron chi connectivity index (χ1n) is 5.83. The average molecular weight is 314 g/mol. The normalized spacial score (nSPS) is 11.4. The zero-order chi connectivity index (χ0) is 14.9. The molecular weight excluding hydrogens is 301 g/mol. The predicted molar refractivity (Wildman–Crippen MR) is 78.2 cm³/mol. The number of aryl methyl sites for hydroxylation is 1. The first-order chi connectivity index (χ1) is 9.32. The van der Waals surface area contributed by atoms with Crippen molar-refractivity contribution in [2.24, 2.45) is 0 Å². The van der Waals surface area contributed by atoms with Crippen LogP contribution in [0.5, 0.6) is 0 Å². The van der Waals surface area contributed by atoms with Crippen LogP contribution in [-0.2, 0) is 10.0 Å². The fourth-order valence-electron chi connectivity index (χ4n) is 1.68. The van der Waals surface area contributed by atoms with Crippen molar-refractivity contribution in [3.05, 3.63) is 58.9 Å². The fraction of sp³-hybridized carbons (Fsp3) is 0.143. The molecule has 106 valence electrons. The molecule has 0 bridgehead atoms. The van der Waals surface area contributed by atoms with E-state index in [4.69, 9.17) is 11.6 Å². The molecule has 0 heterocycles. The Hall–Kier alpha value is -1.59. The maximum Gasteiger partial charge on any atom is 0.264 e. The third-order valence-electron chi connectivity index (χ3n) is 2.99. The van der Waals surface area contributed by atoms with Crippen LogP contribution in [0.4, 0.5) is 10.1 Å². The van der Waals surface area contributed by atoms with E-state index in [1.165, 1.54) is 19.2 Å². The van der Waals surface area contributed by atoms with Crippen molar-refractivity contribution in [3.8, 4) is 0 Å². The number of hydrogen-bond donors (Lipinski definition) is 0. The van der Waals surface area contributed by atoms with Crippen LogP contribution in [0.1, 0.15) is 5.56 Å². The van der Waals surface area contributed by atoms with Crippen LogP contribution in [0, 0.1) is 12.7 Å². The van der Waals surface area contributed by atoms with Crippen LogP contribution < -0.4 is 4.31 Å². The Morgan fingerprint density at radius 2 is 1.70 bits per heavy atom. The molecule has 3 nitrogen and oxygen atoms in total. The van der Waals surface area contributed by atoms with Crippen molar-refractivity contribution in [3.63, 3.8) is 0 Å². The minimum absolute atomic E-state index is 0.0260. The smallest absolute Gasteiger partial charge is 0.264 e. The highest BCUT2D eigenvalue weighted by molar-refractivity contribution is 7.92. The van der Waals surface area contributed by atoms with Crippen LogP contribution in [0.3, 0.4) is 0 Å². The molecule has 0 saturated carbocycles. The third kappa shape index (κ3) is 2.78. The summed E-state index contributed by atoms with van der Waals surface area (Å²) in [6.45, 7) is 1.83. The van der Waals surface area contributed by atoms with Crippen molar-refractivity contribution < 1.29 is 12.8 Å². The molecule has 0 aromatic heterocycles. The summed E-state index contributed by atoms with van der Waals surface area (Å²) in [5.74, 6) is -0.481. The van der Waals surface area contributed by atoms with Crippen LogP contribution in [-0.4, -0.2) is 15.5 Å². The number of rotatable bonds is 3. The van der Waals surface area contributed by atoms with Crippen molar-refractivity contribution in [2.45, 2.75) is 11.8 Å². The van der Waals surface area contributed by atoms with Crippen molar-refractivity contribution in [2.75, 3.05) is 11.4 Å². The van der Waals surface area contributed by atoms with Gasteiger partial charge in [-0.25, -0.2) is 12.8 Å². The summed E-state index contributed by atoms with van der Waals surface area (Å²) >= 11 is 6.00. The molecule has 0 atom stereocenters. The molecule has 0 aliphatic carbocycles. The minimum atomic E-state index is -3.73. The molecular formula is C14H13ClFNO2S. The van der Waals surface area contributed by atoms with Gasteiger partial charge in [0.05, 0.1) is 10.6 Å². The minimum Gasteiger partial charge on any atom is -0.269 e. The highest BCUT2D eigenvalue weighted by Crippen LogP contribution is 2.26. The molecule has 20 heavy (non-hydrogen) atoms. The van der Waals surface area contributed by atoms with Crippen LogP contribution in [0.15, 0.2) is 47.4 Å². The summed E-state index contributed by atoms with van der Waals surface area (Å²) in [4.78, 5) is 0.0260. The van der Waals surface area contributed by atoms with Gasteiger partial charge < -0.3 is 0 Å². The molecule has 0 unspecified atom stereocenters. The third-order valence-corrected chi connectivity index (χ3v) is 5.20. The lowest BCUT2D eigenvalue weighted by Gasteiger charge is -2.20. The first-order valence-corrected chi connectivity index (χ1v) is 7.65. The summed E-state index contributed by atoms with van der Waals surface area (Å²) in [6, 6.07) is 9.69. The number of nitrogens with zero attached hydrogens (tertiary/aromatic N) is 1. The maximum absolute atomic E-state index is 12.9. The van der Waals surface area contributed by atoms with E-state index in [1.807, 2.05) is 6.92 Å². The summed E-state index contributed by atoms with van der Waals surface area (Å²) in [6.07, 6.45) is 0. The molecule has 2 aromatic carbocycles. The van der Waals surface area contributed by atoms with Gasteiger partial charge in [-0.3, -0.25) is 4.31 Å². The van der Waals surface area contributed by atoms with Gasteiger partial charge in [0.1, 0.15) is 5.82 Å². The lowest BCUT2D eigenvalue weighted by molar-refractivity contribution is 0.593. The summed E-state index contributed by atoms with van der Waals surface area (Å²) in [7, 11) is -2.30. The molecule has 0 N–H and O–H groups in total. The molecule has 0 aliphatic rings. The Bertz CT molecular complexity index is 729. The first kappa shape index (κ1) is 14.8. The number of anilines is 1. The molecule has 0 radical (unpaired) electrons. The van der Waals surface area contributed by atoms with E-state index >= 15 is 0 Å². The van der Waals surface area contributed by atoms with Gasteiger partial charge in [0.2, 0.25) is 0 Å². The van der Waals surface area contributed by atoms with E-state index in [9.17, 15) is 12.8 Å². The average Bonchev–Trinajstić information content (AvgIpc) is 2.41. The van der Waals surface area contributed by atoms with Gasteiger partial charge in [-0.2, -0.15) is 0 Å². The second kappa shape index (κ2) is 5.42. The van der Waals surface area contributed by atoms with E-state index in [2.05, 4.69) is 0 Å². The molecule has 2 rings (SSSR count). The SMILES string of the molecule is Cc1ccc(N(C)S(=O)(=O)c2ccc(F)cc2)cc1Cl. The van der Waals surface area contributed by atoms with E-state index in [1.54, 1.807) is 18.2 Å². The molecule has 6 heteroatoms. The Morgan fingerprint density at radius 3 is 2.25 bits per heavy atom. The lowest BCUT2D eigenvalue weighted by Crippen LogP contribution is -2.26. The van der Waals surface area contributed by atoms with Gasteiger partial charge in [-0.15, -0.1) is 0 Å². The summed E-state index contributed by atoms with van der Waals surface area (Å²) < 4.78 is 38.8. The van der Waals surface area contributed by atoms with E-state index < -0.39 is 15.8 Å². The standard InChI is InChI=1S/C14H13ClFNO2S/c1-10-3-6-12(9-14(10)15)17(2)20(18,19)13-7-4-11(16)5-8-13/h3-9H,1-2H3. The van der Waals surface area contributed by atoms with Gasteiger partial charge in [-0.1, -0.05) is 17.7 Å². The van der Waals surface area contributed by atoms with Crippen molar-refractivity contribution in [1.82, 2.24) is 0 Å². The number of halogens is 2. The highest BCUT2D eigenvalue weighted by atomic mass is 35.5. The van der Waals surface area contributed by atoms with Crippen molar-refractivity contribution >= 4 is 27.3 Å². The molecule has 2 aromatic rings. The quantitative estimate of drug-likeness (QED) is 0.868. The summed E-state index contributed by atoms with van der Waals surface area (Å²) in [5, 5.41) is 0.489. The van der Waals surface area contributed by atoms with Crippen LogP contribution >= 0.6 is 11.6 Å². The largest absolute Gasteiger partial charge is 0.269 e. The predicted octanol–water partition coefficient (Wildman–Crippen LogP) is 3.61. The van der Waals surface area contributed by atoms with E-state index in [0.29, 0.717) is 10.7 Å². The zero-order valence-corrected chi connectivity index (χ0v) is 12.5. The maximum atomic E-state index is 12.9. The number of sulfonamides is 1. The summed E-state index contributed by atoms with van der Waals surface area (Å²) in [5.41, 5.74) is 1.31. The molecule has 0 fully saturated rings. The topological polar surface area (TPSA) is 37.4 Å². The van der Waals surface area contributed by atoms with Gasteiger partial charge in [0, 0.05) is 12.1 Å². The second-order valence-electron chi connectivity index (χ2n) is 4.36. The van der Waals surface area contributed by atoms with Crippen LogP contribution in [0.25, 0.3) is 0 Å². The van der Waals surface area contributed by atoms with Gasteiger partial charge in [-0.05, 0) is 48.9 Å². The molecule has 0 saturated heterocycles.